The number of aliphatic imine (C=N–C) groups is 1. The first-order valence-electron chi connectivity index (χ1n) is 3.02. The lowest BCUT2D eigenvalue weighted by molar-refractivity contribution is 0.0697. The van der Waals surface area contributed by atoms with Crippen molar-refractivity contribution in [2.24, 2.45) is 4.99 Å². The summed E-state index contributed by atoms with van der Waals surface area (Å²) in [6.45, 7) is 0. The van der Waals surface area contributed by atoms with Crippen LogP contribution in [0, 0.1) is 0 Å². The van der Waals surface area contributed by atoms with Crippen molar-refractivity contribution in [3.63, 3.8) is 0 Å². The maximum absolute atomic E-state index is 10.5. The zero-order chi connectivity index (χ0) is 8.97. The highest BCUT2D eigenvalue weighted by Gasteiger charge is 2.08. The van der Waals surface area contributed by atoms with Crippen LogP contribution in [0.2, 0.25) is 0 Å². The lowest BCUT2D eigenvalue weighted by Crippen LogP contribution is -1.97. The van der Waals surface area contributed by atoms with Gasteiger partial charge in [-0.15, -0.1) is 4.99 Å². The van der Waals surface area contributed by atoms with Crippen LogP contribution >= 0.6 is 0 Å². The average molecular weight is 164 g/mol. The van der Waals surface area contributed by atoms with Gasteiger partial charge in [0.05, 0.1) is 0 Å². The minimum atomic E-state index is -1.17. The Hall–Kier alpha value is -2.00. The van der Waals surface area contributed by atoms with Crippen molar-refractivity contribution in [3.05, 3.63) is 23.9 Å². The summed E-state index contributed by atoms with van der Waals surface area (Å²) in [6.07, 6.45) is 2.58. The number of aromatic carboxylic acids is 1. The van der Waals surface area contributed by atoms with E-state index in [1.54, 1.807) is 0 Å². The van der Waals surface area contributed by atoms with Gasteiger partial charge < -0.3 is 5.11 Å². The molecule has 1 heterocycles. The Morgan fingerprint density at radius 1 is 1.67 bits per heavy atom. The second-order valence-corrected chi connectivity index (χ2v) is 1.88. The predicted octanol–water partition coefficient (Wildman–Crippen LogP) is 0.747. The first kappa shape index (κ1) is 8.10. The van der Waals surface area contributed by atoms with Crippen LogP contribution in [0.3, 0.4) is 0 Å². The molecule has 0 radical (unpaired) electrons. The van der Waals surface area contributed by atoms with Gasteiger partial charge in [0.25, 0.3) is 0 Å². The Labute approximate surface area is 67.4 Å². The zero-order valence-corrected chi connectivity index (χ0v) is 5.89. The van der Waals surface area contributed by atoms with Crippen LogP contribution in [0.1, 0.15) is 10.4 Å². The van der Waals surface area contributed by atoms with E-state index in [1.807, 2.05) is 0 Å². The van der Waals surface area contributed by atoms with Crippen molar-refractivity contribution in [1.82, 2.24) is 4.98 Å². The van der Waals surface area contributed by atoms with Gasteiger partial charge in [0, 0.05) is 6.20 Å². The number of carbonyl (C=O) groups is 1. The average Bonchev–Trinajstić information content (AvgIpc) is 2.05. The molecule has 1 N–H and O–H groups in total. The maximum Gasteiger partial charge on any atom is 0.339 e. The lowest BCUT2D eigenvalue weighted by atomic mass is 10.2. The summed E-state index contributed by atoms with van der Waals surface area (Å²) in [5, 5.41) is 8.56. The lowest BCUT2D eigenvalue weighted by Gasteiger charge is -1.94. The SMILES string of the molecule is O=C=Nc1ncccc1C(=O)O. The molecule has 0 saturated heterocycles. The van der Waals surface area contributed by atoms with Gasteiger partial charge in [0.15, 0.2) is 5.82 Å². The molecule has 0 amide bonds. The molecule has 0 unspecified atom stereocenters. The third-order valence-electron chi connectivity index (χ3n) is 1.17. The van der Waals surface area contributed by atoms with Gasteiger partial charge in [-0.25, -0.2) is 14.6 Å². The van der Waals surface area contributed by atoms with Gasteiger partial charge in [-0.1, -0.05) is 0 Å². The van der Waals surface area contributed by atoms with E-state index >= 15 is 0 Å². The molecule has 0 fully saturated rings. The number of nitrogens with zero attached hydrogens (tertiary/aromatic N) is 2. The van der Waals surface area contributed by atoms with Gasteiger partial charge in [-0.2, -0.15) is 0 Å². The summed E-state index contributed by atoms with van der Waals surface area (Å²) >= 11 is 0. The molecule has 60 valence electrons. The summed E-state index contributed by atoms with van der Waals surface area (Å²) < 4.78 is 0. The summed E-state index contributed by atoms with van der Waals surface area (Å²) in [6, 6.07) is 2.76. The Balaban J connectivity index is 3.26. The van der Waals surface area contributed by atoms with Crippen LogP contribution in [0.25, 0.3) is 0 Å². The van der Waals surface area contributed by atoms with E-state index in [9.17, 15) is 9.59 Å². The number of carboxylic acid groups (broad SMARTS) is 1. The number of aromatic nitrogens is 1. The molecule has 1 rings (SSSR count). The molecule has 0 atom stereocenters. The summed E-state index contributed by atoms with van der Waals surface area (Å²) in [7, 11) is 0. The van der Waals surface area contributed by atoms with Crippen molar-refractivity contribution in [2.75, 3.05) is 0 Å². The highest BCUT2D eigenvalue weighted by molar-refractivity contribution is 5.92. The fourth-order valence-electron chi connectivity index (χ4n) is 0.696. The Morgan fingerprint density at radius 2 is 2.42 bits per heavy atom. The van der Waals surface area contributed by atoms with Crippen LogP contribution in [-0.2, 0) is 4.79 Å². The minimum Gasteiger partial charge on any atom is -0.478 e. The Morgan fingerprint density at radius 3 is 3.00 bits per heavy atom. The highest BCUT2D eigenvalue weighted by Crippen LogP contribution is 2.13. The molecule has 0 aliphatic rings. The molecule has 5 nitrogen and oxygen atoms in total. The molecule has 0 aliphatic carbocycles. The monoisotopic (exact) mass is 164 g/mol. The fraction of sp³-hybridized carbons (Fsp3) is 0. The van der Waals surface area contributed by atoms with Crippen molar-refractivity contribution >= 4 is 17.9 Å². The molecular formula is C7H4N2O3. The van der Waals surface area contributed by atoms with Crippen molar-refractivity contribution in [3.8, 4) is 0 Å². The number of hydrogen-bond donors (Lipinski definition) is 1. The number of carbonyl (C=O) groups excluding carboxylic acids is 1. The molecule has 1 aromatic heterocycles. The van der Waals surface area contributed by atoms with Crippen LogP contribution in [0.15, 0.2) is 23.3 Å². The quantitative estimate of drug-likeness (QED) is 0.516. The maximum atomic E-state index is 10.5. The first-order chi connectivity index (χ1) is 5.75. The molecule has 1 aromatic rings. The minimum absolute atomic E-state index is 0.110. The van der Waals surface area contributed by atoms with E-state index in [-0.39, 0.29) is 11.4 Å². The molecule has 0 aromatic carbocycles. The Bertz CT molecular complexity index is 334. The van der Waals surface area contributed by atoms with Gasteiger partial charge in [0.1, 0.15) is 5.56 Å². The van der Waals surface area contributed by atoms with Crippen LogP contribution in [-0.4, -0.2) is 22.1 Å². The van der Waals surface area contributed by atoms with Gasteiger partial charge in [-0.3, -0.25) is 0 Å². The van der Waals surface area contributed by atoms with Gasteiger partial charge in [-0.05, 0) is 12.1 Å². The summed E-state index contributed by atoms with van der Waals surface area (Å²) in [5.41, 5.74) is -0.110. The van der Waals surface area contributed by atoms with Crippen molar-refractivity contribution in [1.29, 1.82) is 0 Å². The van der Waals surface area contributed by atoms with E-state index in [4.69, 9.17) is 5.11 Å². The Kier molecular flexibility index (Phi) is 2.30. The fourth-order valence-corrected chi connectivity index (χ4v) is 0.696. The topological polar surface area (TPSA) is 79.6 Å². The van der Waals surface area contributed by atoms with Crippen LogP contribution in [0.4, 0.5) is 5.82 Å². The number of pyridine rings is 1. The third kappa shape index (κ3) is 1.53. The third-order valence-corrected chi connectivity index (χ3v) is 1.17. The van der Waals surface area contributed by atoms with Gasteiger partial charge in [0.2, 0.25) is 6.08 Å². The molecule has 5 heteroatoms. The second kappa shape index (κ2) is 3.41. The van der Waals surface area contributed by atoms with E-state index in [2.05, 4.69) is 9.98 Å². The van der Waals surface area contributed by atoms with Crippen molar-refractivity contribution < 1.29 is 14.7 Å². The number of hydrogen-bond acceptors (Lipinski definition) is 4. The highest BCUT2D eigenvalue weighted by atomic mass is 16.4. The first-order valence-corrected chi connectivity index (χ1v) is 3.02. The van der Waals surface area contributed by atoms with Crippen LogP contribution < -0.4 is 0 Å². The van der Waals surface area contributed by atoms with Crippen LogP contribution in [0.5, 0.6) is 0 Å². The smallest absolute Gasteiger partial charge is 0.339 e. The van der Waals surface area contributed by atoms with Crippen molar-refractivity contribution in [2.45, 2.75) is 0 Å². The van der Waals surface area contributed by atoms with E-state index in [0.717, 1.165) is 0 Å². The molecule has 12 heavy (non-hydrogen) atoms. The molecule has 0 aliphatic heterocycles. The molecule has 0 spiro atoms. The summed E-state index contributed by atoms with van der Waals surface area (Å²) in [5.74, 6) is -1.29. The molecule has 0 bridgehead atoms. The molecule has 0 saturated carbocycles. The van der Waals surface area contributed by atoms with E-state index in [1.165, 1.54) is 24.4 Å². The molecular weight excluding hydrogens is 160 g/mol. The second-order valence-electron chi connectivity index (χ2n) is 1.88. The predicted molar refractivity (Wildman–Crippen MR) is 39.0 cm³/mol. The summed E-state index contributed by atoms with van der Waals surface area (Å²) in [4.78, 5) is 27.0. The number of rotatable bonds is 2. The largest absolute Gasteiger partial charge is 0.478 e. The van der Waals surface area contributed by atoms with E-state index in [0.29, 0.717) is 0 Å². The zero-order valence-electron chi connectivity index (χ0n) is 5.89. The van der Waals surface area contributed by atoms with E-state index < -0.39 is 5.97 Å². The number of carboxylic acids is 1. The number of isocyanates is 1. The van der Waals surface area contributed by atoms with Gasteiger partial charge >= 0.3 is 5.97 Å². The standard InChI is InChI=1S/C7H4N2O3/c10-4-9-6-5(7(11)12)2-1-3-8-6/h1-3H,(H,11,12). The normalized spacial score (nSPS) is 8.67.